The monoisotopic (exact) mass is 362 g/mol. The Bertz CT molecular complexity index is 678. The molecule has 140 valence electrons. The van der Waals surface area contributed by atoms with Crippen molar-refractivity contribution in [2.24, 2.45) is 0 Å². The van der Waals surface area contributed by atoms with Crippen LogP contribution in [0.3, 0.4) is 0 Å². The molecule has 0 aliphatic carbocycles. The number of esters is 1. The molecule has 1 aliphatic heterocycles. The number of nitrogens with zero attached hydrogens (tertiary/aromatic N) is 2. The molecule has 2 rings (SSSR count). The number of ether oxygens (including phenoxy) is 1. The predicted octanol–water partition coefficient (Wildman–Crippen LogP) is 0.445. The van der Waals surface area contributed by atoms with Crippen LogP contribution in [0.5, 0.6) is 0 Å². The maximum Gasteiger partial charge on any atom is 0.307 e. The van der Waals surface area contributed by atoms with E-state index in [1.54, 1.807) is 19.1 Å². The Kier molecular flexibility index (Phi) is 6.46. The van der Waals surface area contributed by atoms with Crippen molar-refractivity contribution in [2.45, 2.75) is 25.8 Å². The van der Waals surface area contributed by atoms with Gasteiger partial charge in [0.2, 0.25) is 5.91 Å². The Balaban J connectivity index is 2.15. The molecule has 8 heteroatoms. The van der Waals surface area contributed by atoms with Gasteiger partial charge >= 0.3 is 5.97 Å². The van der Waals surface area contributed by atoms with Gasteiger partial charge in [0, 0.05) is 6.54 Å². The summed E-state index contributed by atoms with van der Waals surface area (Å²) in [5.41, 5.74) is 0.529. The molecule has 0 fully saturated rings. The fourth-order valence-corrected chi connectivity index (χ4v) is 2.88. The third-order valence-electron chi connectivity index (χ3n) is 4.40. The zero-order valence-electron chi connectivity index (χ0n) is 14.8. The van der Waals surface area contributed by atoms with E-state index in [0.717, 1.165) is 4.90 Å². The Morgan fingerprint density at radius 2 is 1.77 bits per heavy atom. The molecule has 0 radical (unpaired) electrons. The number of hydrogen-bond donors (Lipinski definition) is 1. The Hall–Kier alpha value is -2.74. The van der Waals surface area contributed by atoms with E-state index in [2.05, 4.69) is 4.74 Å². The Morgan fingerprint density at radius 1 is 1.19 bits per heavy atom. The van der Waals surface area contributed by atoms with E-state index in [0.29, 0.717) is 6.42 Å². The summed E-state index contributed by atoms with van der Waals surface area (Å²) in [4.78, 5) is 51.1. The van der Waals surface area contributed by atoms with Gasteiger partial charge in [-0.1, -0.05) is 19.1 Å². The molecule has 1 aromatic rings. The van der Waals surface area contributed by atoms with Crippen molar-refractivity contribution in [3.63, 3.8) is 0 Å². The van der Waals surface area contributed by atoms with E-state index >= 15 is 0 Å². The molecule has 8 nitrogen and oxygen atoms in total. The first-order valence-corrected chi connectivity index (χ1v) is 8.36. The predicted molar refractivity (Wildman–Crippen MR) is 91.3 cm³/mol. The van der Waals surface area contributed by atoms with Crippen molar-refractivity contribution in [1.82, 2.24) is 9.80 Å². The minimum atomic E-state index is -0.524. The maximum atomic E-state index is 12.7. The Labute approximate surface area is 151 Å². The number of fused-ring (bicyclic) bond motifs is 1. The van der Waals surface area contributed by atoms with Gasteiger partial charge in [-0.3, -0.25) is 24.1 Å². The molecule has 3 amide bonds. The smallest absolute Gasteiger partial charge is 0.307 e. The van der Waals surface area contributed by atoms with Crippen molar-refractivity contribution >= 4 is 23.7 Å². The first kappa shape index (κ1) is 19.6. The molecule has 1 atom stereocenters. The number of aliphatic hydroxyl groups is 1. The number of rotatable bonds is 8. The second kappa shape index (κ2) is 8.57. The van der Waals surface area contributed by atoms with Gasteiger partial charge in [-0.05, 0) is 18.6 Å². The van der Waals surface area contributed by atoms with Crippen LogP contribution in [0.2, 0.25) is 0 Å². The highest BCUT2D eigenvalue weighted by molar-refractivity contribution is 6.22. The summed E-state index contributed by atoms with van der Waals surface area (Å²) in [6.45, 7) is 1.10. The summed E-state index contributed by atoms with van der Waals surface area (Å²) in [6, 6.07) is 5.87. The third kappa shape index (κ3) is 3.91. The van der Waals surface area contributed by atoms with Crippen LogP contribution in [-0.4, -0.2) is 71.4 Å². The van der Waals surface area contributed by atoms with Gasteiger partial charge in [0.15, 0.2) is 0 Å². The highest BCUT2D eigenvalue weighted by Gasteiger charge is 2.37. The van der Waals surface area contributed by atoms with E-state index in [-0.39, 0.29) is 30.7 Å². The van der Waals surface area contributed by atoms with Gasteiger partial charge in [0.25, 0.3) is 11.8 Å². The lowest BCUT2D eigenvalue weighted by Crippen LogP contribution is -2.48. The number of imide groups is 1. The fraction of sp³-hybridized carbons (Fsp3) is 0.444. The molecular weight excluding hydrogens is 340 g/mol. The van der Waals surface area contributed by atoms with Gasteiger partial charge in [-0.15, -0.1) is 0 Å². The van der Waals surface area contributed by atoms with Crippen molar-refractivity contribution in [3.8, 4) is 0 Å². The molecule has 1 N–H and O–H groups in total. The number of benzene rings is 1. The summed E-state index contributed by atoms with van der Waals surface area (Å²) in [5.74, 6) is -2.05. The van der Waals surface area contributed by atoms with Crippen LogP contribution in [0, 0.1) is 0 Å². The van der Waals surface area contributed by atoms with E-state index in [1.807, 2.05) is 0 Å². The summed E-state index contributed by atoms with van der Waals surface area (Å²) < 4.78 is 4.58. The normalized spacial score (nSPS) is 14.2. The summed E-state index contributed by atoms with van der Waals surface area (Å²) in [5, 5.41) is 9.52. The zero-order valence-corrected chi connectivity index (χ0v) is 14.8. The number of carbonyl (C=O) groups is 4. The van der Waals surface area contributed by atoms with Crippen LogP contribution >= 0.6 is 0 Å². The number of methoxy groups -OCH3 is 1. The second-order valence-corrected chi connectivity index (χ2v) is 5.90. The van der Waals surface area contributed by atoms with E-state index < -0.39 is 36.3 Å². The van der Waals surface area contributed by atoms with Crippen molar-refractivity contribution in [2.75, 3.05) is 26.8 Å². The SMILES string of the molecule is CCC(CO)N(CCC(=O)OC)C(=O)CN1C(=O)c2ccccc2C1=O. The van der Waals surface area contributed by atoms with Gasteiger partial charge in [-0.25, -0.2) is 0 Å². The highest BCUT2D eigenvalue weighted by atomic mass is 16.5. The topological polar surface area (TPSA) is 104 Å². The number of carbonyl (C=O) groups excluding carboxylic acids is 4. The summed E-state index contributed by atoms with van der Waals surface area (Å²) in [7, 11) is 1.25. The average molecular weight is 362 g/mol. The van der Waals surface area contributed by atoms with E-state index in [9.17, 15) is 24.3 Å². The van der Waals surface area contributed by atoms with E-state index in [4.69, 9.17) is 0 Å². The molecule has 0 saturated carbocycles. The number of hydrogen-bond acceptors (Lipinski definition) is 6. The van der Waals surface area contributed by atoms with Crippen molar-refractivity contribution in [1.29, 1.82) is 0 Å². The Morgan fingerprint density at radius 3 is 2.23 bits per heavy atom. The minimum absolute atomic E-state index is 0.0355. The van der Waals surface area contributed by atoms with Gasteiger partial charge < -0.3 is 14.7 Å². The highest BCUT2D eigenvalue weighted by Crippen LogP contribution is 2.22. The standard InChI is InChI=1S/C18H22N2O6/c1-3-12(11-21)19(9-8-16(23)26-2)15(22)10-20-17(24)13-6-4-5-7-14(13)18(20)25/h4-7,12,21H,3,8-11H2,1-2H3. The van der Waals surface area contributed by atoms with Gasteiger partial charge in [-0.2, -0.15) is 0 Å². The zero-order chi connectivity index (χ0) is 19.3. The van der Waals surface area contributed by atoms with Crippen molar-refractivity contribution < 1.29 is 29.0 Å². The second-order valence-electron chi connectivity index (χ2n) is 5.90. The van der Waals surface area contributed by atoms with Gasteiger partial charge in [0.05, 0.1) is 37.3 Å². The van der Waals surface area contributed by atoms with Crippen LogP contribution in [0.15, 0.2) is 24.3 Å². The molecular formula is C18H22N2O6. The van der Waals surface area contributed by atoms with Crippen LogP contribution in [-0.2, 0) is 14.3 Å². The van der Waals surface area contributed by atoms with E-state index in [1.165, 1.54) is 24.1 Å². The maximum absolute atomic E-state index is 12.7. The molecule has 0 saturated heterocycles. The minimum Gasteiger partial charge on any atom is -0.469 e. The lowest BCUT2D eigenvalue weighted by Gasteiger charge is -2.31. The molecule has 26 heavy (non-hydrogen) atoms. The lowest BCUT2D eigenvalue weighted by molar-refractivity contribution is -0.142. The van der Waals surface area contributed by atoms with Gasteiger partial charge in [0.1, 0.15) is 6.54 Å². The molecule has 1 aromatic carbocycles. The average Bonchev–Trinajstić information content (AvgIpc) is 2.90. The molecule has 0 spiro atoms. The first-order valence-electron chi connectivity index (χ1n) is 8.36. The molecule has 0 aromatic heterocycles. The molecule has 1 unspecified atom stereocenters. The van der Waals surface area contributed by atoms with Crippen LogP contribution in [0.25, 0.3) is 0 Å². The van der Waals surface area contributed by atoms with Crippen LogP contribution in [0.1, 0.15) is 40.5 Å². The lowest BCUT2D eigenvalue weighted by atomic mass is 10.1. The summed E-state index contributed by atoms with van der Waals surface area (Å²) in [6.07, 6.45) is 0.423. The quantitative estimate of drug-likeness (QED) is 0.532. The molecule has 1 aliphatic rings. The van der Waals surface area contributed by atoms with Crippen molar-refractivity contribution in [3.05, 3.63) is 35.4 Å². The third-order valence-corrected chi connectivity index (χ3v) is 4.40. The number of aliphatic hydroxyl groups excluding tert-OH is 1. The fourth-order valence-electron chi connectivity index (χ4n) is 2.88. The molecule has 1 heterocycles. The molecule has 0 bridgehead atoms. The number of amides is 3. The first-order chi connectivity index (χ1) is 12.4. The van der Waals surface area contributed by atoms with Crippen LogP contribution in [0.4, 0.5) is 0 Å². The summed E-state index contributed by atoms with van der Waals surface area (Å²) >= 11 is 0. The van der Waals surface area contributed by atoms with Crippen LogP contribution < -0.4 is 0 Å². The largest absolute Gasteiger partial charge is 0.469 e.